The number of nitrogens with one attached hydrogen (secondary N) is 2. The molecule has 1 amide bonds. The van der Waals surface area contributed by atoms with Crippen LogP contribution in [0.3, 0.4) is 0 Å². The van der Waals surface area contributed by atoms with Crippen molar-refractivity contribution in [3.8, 4) is 33.9 Å². The second kappa shape index (κ2) is 9.58. The zero-order valence-corrected chi connectivity index (χ0v) is 19.8. The maximum Gasteiger partial charge on any atom is 0.404 e. The first-order chi connectivity index (χ1) is 17.0. The van der Waals surface area contributed by atoms with E-state index in [1.165, 1.54) is 11.1 Å². The molecule has 0 unspecified atom stereocenters. The summed E-state index contributed by atoms with van der Waals surface area (Å²) in [5, 5.41) is 19.3. The molecule has 2 aromatic carbocycles. The Morgan fingerprint density at radius 3 is 2.37 bits per heavy atom. The molecule has 5 rings (SSSR count). The third-order valence-electron chi connectivity index (χ3n) is 6.36. The Morgan fingerprint density at radius 1 is 1.00 bits per heavy atom. The van der Waals surface area contributed by atoms with Crippen molar-refractivity contribution in [3.05, 3.63) is 72.1 Å². The van der Waals surface area contributed by atoms with Crippen LogP contribution >= 0.6 is 0 Å². The fourth-order valence-corrected chi connectivity index (χ4v) is 4.83. The van der Waals surface area contributed by atoms with E-state index in [0.717, 1.165) is 53.9 Å². The van der Waals surface area contributed by atoms with Crippen LogP contribution in [0.5, 0.6) is 0 Å². The second-order valence-corrected chi connectivity index (χ2v) is 9.04. The van der Waals surface area contributed by atoms with Crippen LogP contribution in [0.1, 0.15) is 24.0 Å². The molecule has 4 aromatic rings. The summed E-state index contributed by atoms with van der Waals surface area (Å²) in [6, 6.07) is 16.3. The van der Waals surface area contributed by atoms with Crippen LogP contribution in [0.4, 0.5) is 10.5 Å². The molecule has 178 valence electrons. The number of piperidine rings is 1. The number of nitrogens with zero attached hydrogens (tertiary/aromatic N) is 4. The zero-order valence-electron chi connectivity index (χ0n) is 19.8. The Balaban J connectivity index is 1.59. The average Bonchev–Trinajstić information content (AvgIpc) is 3.34. The van der Waals surface area contributed by atoms with Crippen LogP contribution in [0, 0.1) is 13.8 Å². The Hall–Kier alpha value is -4.20. The lowest BCUT2D eigenvalue weighted by atomic mass is 9.96. The van der Waals surface area contributed by atoms with E-state index in [4.69, 9.17) is 10.1 Å². The smallest absolute Gasteiger partial charge is 0.404 e. The van der Waals surface area contributed by atoms with Crippen molar-refractivity contribution in [3.63, 3.8) is 0 Å². The Kier molecular flexibility index (Phi) is 6.18. The topological polar surface area (TPSA) is 107 Å². The molecule has 2 aromatic heterocycles. The molecule has 1 fully saturated rings. The summed E-state index contributed by atoms with van der Waals surface area (Å²) in [6.45, 7) is 5.64. The number of anilines is 1. The van der Waals surface area contributed by atoms with Gasteiger partial charge in [-0.3, -0.25) is 10.1 Å². The highest BCUT2D eigenvalue weighted by Crippen LogP contribution is 2.40. The van der Waals surface area contributed by atoms with Gasteiger partial charge in [-0.1, -0.05) is 59.7 Å². The van der Waals surface area contributed by atoms with Gasteiger partial charge in [0.05, 0.1) is 11.3 Å². The van der Waals surface area contributed by atoms with Gasteiger partial charge in [0, 0.05) is 42.7 Å². The Bertz CT molecular complexity index is 1320. The molecule has 0 saturated carbocycles. The van der Waals surface area contributed by atoms with E-state index in [0.29, 0.717) is 11.6 Å². The van der Waals surface area contributed by atoms with Crippen LogP contribution in [-0.4, -0.2) is 50.5 Å². The van der Waals surface area contributed by atoms with Crippen molar-refractivity contribution in [2.45, 2.75) is 32.7 Å². The number of hydrogen-bond acceptors (Lipinski definition) is 5. The maximum atomic E-state index is 11.1. The highest BCUT2D eigenvalue weighted by Gasteiger charge is 2.26. The molecule has 3 N–H and O–H groups in total. The van der Waals surface area contributed by atoms with Gasteiger partial charge in [0.2, 0.25) is 0 Å². The van der Waals surface area contributed by atoms with Gasteiger partial charge in [0.25, 0.3) is 0 Å². The largest absolute Gasteiger partial charge is 0.465 e. The molecule has 1 aliphatic heterocycles. The molecule has 0 aliphatic carbocycles. The molecular formula is C27H28N6O2. The highest BCUT2D eigenvalue weighted by molar-refractivity contribution is 5.89. The minimum absolute atomic E-state index is 0.0475. The van der Waals surface area contributed by atoms with Gasteiger partial charge in [-0.2, -0.15) is 5.10 Å². The fourth-order valence-electron chi connectivity index (χ4n) is 4.83. The first kappa shape index (κ1) is 22.6. The van der Waals surface area contributed by atoms with Gasteiger partial charge in [-0.05, 0) is 32.3 Å². The number of benzene rings is 2. The number of rotatable bonds is 5. The first-order valence-corrected chi connectivity index (χ1v) is 11.8. The number of carbonyl (C=O) groups is 1. The summed E-state index contributed by atoms with van der Waals surface area (Å²) in [4.78, 5) is 22.8. The third kappa shape index (κ3) is 4.87. The van der Waals surface area contributed by atoms with E-state index in [9.17, 15) is 4.79 Å². The van der Waals surface area contributed by atoms with Crippen LogP contribution in [0.25, 0.3) is 33.9 Å². The van der Waals surface area contributed by atoms with Crippen molar-refractivity contribution in [1.82, 2.24) is 25.5 Å². The maximum absolute atomic E-state index is 11.1. The van der Waals surface area contributed by atoms with Gasteiger partial charge in [0.1, 0.15) is 0 Å². The Labute approximate surface area is 204 Å². The number of aromatic nitrogens is 4. The van der Waals surface area contributed by atoms with Crippen molar-refractivity contribution in [2.24, 2.45) is 0 Å². The van der Waals surface area contributed by atoms with E-state index in [-0.39, 0.29) is 6.04 Å². The predicted octanol–water partition coefficient (Wildman–Crippen LogP) is 5.05. The van der Waals surface area contributed by atoms with Gasteiger partial charge in [0.15, 0.2) is 11.6 Å². The molecule has 35 heavy (non-hydrogen) atoms. The van der Waals surface area contributed by atoms with Gasteiger partial charge < -0.3 is 15.3 Å². The van der Waals surface area contributed by atoms with E-state index in [1.54, 1.807) is 0 Å². The monoisotopic (exact) mass is 468 g/mol. The van der Waals surface area contributed by atoms with Gasteiger partial charge >= 0.3 is 6.09 Å². The van der Waals surface area contributed by atoms with E-state index < -0.39 is 6.09 Å². The number of amides is 1. The number of hydrogen-bond donors (Lipinski definition) is 3. The molecule has 1 saturated heterocycles. The van der Waals surface area contributed by atoms with Crippen molar-refractivity contribution >= 4 is 11.8 Å². The number of aryl methyl sites for hydroxylation is 2. The summed E-state index contributed by atoms with van der Waals surface area (Å²) in [5.41, 5.74) is 7.35. The summed E-state index contributed by atoms with van der Waals surface area (Å²) < 4.78 is 0. The standard InChI is InChI=1S/C27H28N6O2/c1-17-12-18(2)14-20(13-17)22-15-28-16-23(24(22)33-10-8-21(9-11-33)29-27(34)35)26-30-25(31-32-26)19-6-4-3-5-7-19/h3-7,12-16,21,29H,8-11H2,1-2H3,(H,34,35)(H,30,31,32). The summed E-state index contributed by atoms with van der Waals surface area (Å²) in [5.74, 6) is 1.29. The Morgan fingerprint density at radius 2 is 1.69 bits per heavy atom. The van der Waals surface area contributed by atoms with E-state index >= 15 is 0 Å². The van der Waals surface area contributed by atoms with Crippen LogP contribution in [0.2, 0.25) is 0 Å². The summed E-state index contributed by atoms with van der Waals surface area (Å²) in [6.07, 6.45) is 4.22. The lowest BCUT2D eigenvalue weighted by molar-refractivity contribution is 0.187. The number of H-pyrrole nitrogens is 1. The van der Waals surface area contributed by atoms with Crippen LogP contribution in [0.15, 0.2) is 60.9 Å². The lowest BCUT2D eigenvalue weighted by Gasteiger charge is -2.35. The normalized spacial score (nSPS) is 14.2. The summed E-state index contributed by atoms with van der Waals surface area (Å²) >= 11 is 0. The molecule has 8 nitrogen and oxygen atoms in total. The first-order valence-electron chi connectivity index (χ1n) is 11.8. The SMILES string of the molecule is Cc1cc(C)cc(-c2cncc(-c3nc(-c4ccccc4)n[nH]3)c2N2CCC(NC(=O)O)CC2)c1. The molecule has 0 atom stereocenters. The summed E-state index contributed by atoms with van der Waals surface area (Å²) in [7, 11) is 0. The molecule has 0 spiro atoms. The quantitative estimate of drug-likeness (QED) is 0.378. The van der Waals surface area contributed by atoms with Gasteiger partial charge in [-0.25, -0.2) is 9.78 Å². The van der Waals surface area contributed by atoms with Gasteiger partial charge in [-0.15, -0.1) is 0 Å². The molecule has 0 radical (unpaired) electrons. The second-order valence-electron chi connectivity index (χ2n) is 9.04. The van der Waals surface area contributed by atoms with E-state index in [2.05, 4.69) is 57.4 Å². The number of aromatic amines is 1. The van der Waals surface area contributed by atoms with Crippen LogP contribution < -0.4 is 10.2 Å². The zero-order chi connectivity index (χ0) is 24.4. The fraction of sp³-hybridized carbons (Fsp3) is 0.259. The number of carboxylic acid groups (broad SMARTS) is 1. The van der Waals surface area contributed by atoms with E-state index in [1.807, 2.05) is 42.7 Å². The van der Waals surface area contributed by atoms with Crippen molar-refractivity contribution < 1.29 is 9.90 Å². The molecule has 8 heteroatoms. The third-order valence-corrected chi connectivity index (χ3v) is 6.36. The minimum Gasteiger partial charge on any atom is -0.465 e. The highest BCUT2D eigenvalue weighted by atomic mass is 16.4. The average molecular weight is 469 g/mol. The predicted molar refractivity (Wildman–Crippen MR) is 136 cm³/mol. The molecule has 0 bridgehead atoms. The molecular weight excluding hydrogens is 440 g/mol. The molecule has 3 heterocycles. The lowest BCUT2D eigenvalue weighted by Crippen LogP contribution is -2.44. The minimum atomic E-state index is -0.973. The van der Waals surface area contributed by atoms with Crippen LogP contribution in [-0.2, 0) is 0 Å². The molecule has 1 aliphatic rings. The van der Waals surface area contributed by atoms with Crippen molar-refractivity contribution in [1.29, 1.82) is 0 Å². The van der Waals surface area contributed by atoms with Crippen molar-refractivity contribution in [2.75, 3.05) is 18.0 Å². The number of pyridine rings is 1.